The molecule has 0 fully saturated rings. The number of fused-ring (bicyclic) bond motifs is 1. The van der Waals surface area contributed by atoms with Gasteiger partial charge >= 0.3 is 0 Å². The Morgan fingerprint density at radius 1 is 1.00 bits per heavy atom. The normalized spacial score (nSPS) is 11.5. The molecule has 150 valence electrons. The summed E-state index contributed by atoms with van der Waals surface area (Å²) in [5.74, 6) is -0.618. The summed E-state index contributed by atoms with van der Waals surface area (Å²) in [6.45, 7) is 0. The van der Waals surface area contributed by atoms with E-state index in [2.05, 4.69) is 10.3 Å². The zero-order chi connectivity index (χ0) is 21.1. The van der Waals surface area contributed by atoms with Gasteiger partial charge in [0.15, 0.2) is 11.6 Å². The number of rotatable bonds is 5. The number of benzene rings is 3. The average Bonchev–Trinajstić information content (AvgIpc) is 2.74. The van der Waals surface area contributed by atoms with Crippen LogP contribution in [-0.4, -0.2) is 10.1 Å². The molecule has 0 aliphatic heterocycles. The maximum Gasteiger partial charge on any atom is 0.166 e. The Morgan fingerprint density at radius 2 is 1.83 bits per heavy atom. The number of aromatic nitrogens is 1. The fraction of sp³-hybridized carbons (Fsp3) is 0. The molecule has 4 N–H and O–H groups in total. The predicted molar refractivity (Wildman–Crippen MR) is 112 cm³/mol. The molecule has 0 unspecified atom stereocenters. The summed E-state index contributed by atoms with van der Waals surface area (Å²) in [5.41, 5.74) is 8.02. The minimum atomic E-state index is -0.735. The van der Waals surface area contributed by atoms with Gasteiger partial charge in [-0.25, -0.2) is 13.8 Å². The van der Waals surface area contributed by atoms with Crippen molar-refractivity contribution in [2.24, 2.45) is 5.73 Å². The minimum absolute atomic E-state index is 0.335. The molecule has 0 saturated carbocycles. The maximum atomic E-state index is 13.4. The predicted octanol–water partition coefficient (Wildman–Crippen LogP) is 5.38. The number of anilines is 1. The second-order valence-corrected chi connectivity index (χ2v) is 6.49. The molecule has 0 atom stereocenters. The molecule has 5 nitrogen and oxygen atoms in total. The number of phenolic OH excluding ortho intramolecular Hbond substituents is 1. The van der Waals surface area contributed by atoms with Gasteiger partial charge in [-0.05, 0) is 48.5 Å². The molecule has 0 amide bonds. The second kappa shape index (κ2) is 8.08. The number of pyridine rings is 1. The van der Waals surface area contributed by atoms with Crippen molar-refractivity contribution in [3.8, 4) is 17.2 Å². The van der Waals surface area contributed by atoms with E-state index >= 15 is 0 Å². The SMILES string of the molecule is N/C(=C\Nc1ccc(O)c(F)c1)c1ccc2c(Oc3cccc(F)c3)cccc2n1. The Kier molecular flexibility index (Phi) is 5.17. The van der Waals surface area contributed by atoms with Crippen LogP contribution in [0.15, 0.2) is 79.0 Å². The van der Waals surface area contributed by atoms with E-state index in [9.17, 15) is 13.9 Å². The molecule has 0 radical (unpaired) electrons. The van der Waals surface area contributed by atoms with Gasteiger partial charge in [0.1, 0.15) is 17.3 Å². The van der Waals surface area contributed by atoms with Crippen molar-refractivity contribution >= 4 is 22.3 Å². The van der Waals surface area contributed by atoms with Crippen molar-refractivity contribution in [2.45, 2.75) is 0 Å². The first-order valence-corrected chi connectivity index (χ1v) is 9.04. The number of phenols is 1. The van der Waals surface area contributed by atoms with Crippen molar-refractivity contribution in [3.05, 3.63) is 96.3 Å². The van der Waals surface area contributed by atoms with Gasteiger partial charge in [0.2, 0.25) is 0 Å². The first kappa shape index (κ1) is 19.2. The summed E-state index contributed by atoms with van der Waals surface area (Å²) in [4.78, 5) is 4.54. The van der Waals surface area contributed by atoms with Gasteiger partial charge in [0.25, 0.3) is 0 Å². The molecule has 0 aliphatic rings. The standard InChI is InChI=1S/C23H17F2N3O2/c24-14-3-1-4-16(11-14)30-23-6-2-5-20-17(23)8-9-21(28-20)19(26)13-27-15-7-10-22(29)18(25)12-15/h1-13,27,29H,26H2/b19-13-. The molecule has 0 aliphatic carbocycles. The van der Waals surface area contributed by atoms with E-state index in [-0.39, 0.29) is 5.82 Å². The number of nitrogens with one attached hydrogen (secondary N) is 1. The van der Waals surface area contributed by atoms with Crippen LogP contribution in [0.1, 0.15) is 5.69 Å². The smallest absolute Gasteiger partial charge is 0.166 e. The zero-order valence-electron chi connectivity index (χ0n) is 15.6. The fourth-order valence-corrected chi connectivity index (χ4v) is 2.87. The second-order valence-electron chi connectivity index (χ2n) is 6.49. The van der Waals surface area contributed by atoms with Gasteiger partial charge in [-0.15, -0.1) is 0 Å². The molecule has 3 aromatic carbocycles. The van der Waals surface area contributed by atoms with Crippen LogP contribution in [0.5, 0.6) is 17.2 Å². The highest BCUT2D eigenvalue weighted by atomic mass is 19.1. The van der Waals surface area contributed by atoms with Crippen molar-refractivity contribution in [1.82, 2.24) is 4.98 Å². The molecule has 1 aromatic heterocycles. The molecule has 0 saturated heterocycles. The summed E-state index contributed by atoms with van der Waals surface area (Å²) < 4.78 is 32.6. The number of nitrogens with zero attached hydrogens (tertiary/aromatic N) is 1. The fourth-order valence-electron chi connectivity index (χ4n) is 2.87. The monoisotopic (exact) mass is 405 g/mol. The molecular weight excluding hydrogens is 388 g/mol. The van der Waals surface area contributed by atoms with E-state index in [1.165, 1.54) is 30.5 Å². The lowest BCUT2D eigenvalue weighted by molar-refractivity contribution is 0.432. The van der Waals surface area contributed by atoms with E-state index in [4.69, 9.17) is 10.5 Å². The third kappa shape index (κ3) is 4.15. The summed E-state index contributed by atoms with van der Waals surface area (Å²) in [6.07, 6.45) is 1.49. The quantitative estimate of drug-likeness (QED) is 0.389. The van der Waals surface area contributed by atoms with Crippen LogP contribution in [0.3, 0.4) is 0 Å². The molecule has 0 spiro atoms. The Labute approximate surface area is 171 Å². The van der Waals surface area contributed by atoms with Crippen LogP contribution < -0.4 is 15.8 Å². The number of halogens is 2. The van der Waals surface area contributed by atoms with Gasteiger partial charge < -0.3 is 20.9 Å². The lowest BCUT2D eigenvalue weighted by atomic mass is 10.1. The summed E-state index contributed by atoms with van der Waals surface area (Å²) in [5, 5.41) is 12.9. The minimum Gasteiger partial charge on any atom is -0.505 e. The Morgan fingerprint density at radius 3 is 2.63 bits per heavy atom. The summed E-state index contributed by atoms with van der Waals surface area (Å²) >= 11 is 0. The summed E-state index contributed by atoms with van der Waals surface area (Å²) in [6, 6.07) is 18.7. The van der Waals surface area contributed by atoms with E-state index in [1.54, 1.807) is 30.3 Å². The topological polar surface area (TPSA) is 80.4 Å². The molecular formula is C23H17F2N3O2. The van der Waals surface area contributed by atoms with E-state index in [1.807, 2.05) is 12.1 Å². The highest BCUT2D eigenvalue weighted by Crippen LogP contribution is 2.30. The van der Waals surface area contributed by atoms with Gasteiger partial charge in [-0.1, -0.05) is 12.1 Å². The molecule has 30 heavy (non-hydrogen) atoms. The highest BCUT2D eigenvalue weighted by Gasteiger charge is 2.08. The van der Waals surface area contributed by atoms with Crippen molar-refractivity contribution in [2.75, 3.05) is 5.32 Å². The van der Waals surface area contributed by atoms with Gasteiger partial charge in [-0.2, -0.15) is 0 Å². The number of nitrogens with two attached hydrogens (primary N) is 1. The zero-order valence-corrected chi connectivity index (χ0v) is 15.6. The van der Waals surface area contributed by atoms with E-state index in [0.29, 0.717) is 34.1 Å². The Balaban J connectivity index is 1.59. The Hall–Kier alpha value is -4.13. The number of aromatic hydroxyl groups is 1. The molecule has 1 heterocycles. The maximum absolute atomic E-state index is 13.4. The largest absolute Gasteiger partial charge is 0.505 e. The lowest BCUT2D eigenvalue weighted by Gasteiger charge is -2.10. The van der Waals surface area contributed by atoms with E-state index < -0.39 is 11.6 Å². The number of hydrogen-bond acceptors (Lipinski definition) is 5. The van der Waals surface area contributed by atoms with Gasteiger partial charge in [0, 0.05) is 29.4 Å². The summed E-state index contributed by atoms with van der Waals surface area (Å²) in [7, 11) is 0. The van der Waals surface area contributed by atoms with Crippen LogP contribution in [-0.2, 0) is 0 Å². The van der Waals surface area contributed by atoms with Crippen molar-refractivity contribution in [3.63, 3.8) is 0 Å². The first-order chi connectivity index (χ1) is 14.5. The molecule has 0 bridgehead atoms. The van der Waals surface area contributed by atoms with Crippen molar-refractivity contribution < 1.29 is 18.6 Å². The van der Waals surface area contributed by atoms with Crippen LogP contribution >= 0.6 is 0 Å². The molecule has 4 aromatic rings. The lowest BCUT2D eigenvalue weighted by Crippen LogP contribution is -2.03. The average molecular weight is 405 g/mol. The van der Waals surface area contributed by atoms with Gasteiger partial charge in [-0.3, -0.25) is 0 Å². The van der Waals surface area contributed by atoms with Crippen LogP contribution in [0, 0.1) is 11.6 Å². The third-order valence-corrected chi connectivity index (χ3v) is 4.35. The van der Waals surface area contributed by atoms with Crippen LogP contribution in [0.2, 0.25) is 0 Å². The first-order valence-electron chi connectivity index (χ1n) is 9.04. The number of hydrogen-bond donors (Lipinski definition) is 3. The van der Waals surface area contributed by atoms with E-state index in [0.717, 1.165) is 11.5 Å². The van der Waals surface area contributed by atoms with Crippen LogP contribution in [0.25, 0.3) is 16.6 Å². The third-order valence-electron chi connectivity index (χ3n) is 4.35. The van der Waals surface area contributed by atoms with Crippen LogP contribution in [0.4, 0.5) is 14.5 Å². The Bertz CT molecular complexity index is 1260. The molecule has 7 heteroatoms. The molecule has 4 rings (SSSR count). The van der Waals surface area contributed by atoms with Crippen molar-refractivity contribution in [1.29, 1.82) is 0 Å². The number of ether oxygens (including phenoxy) is 1. The highest BCUT2D eigenvalue weighted by molar-refractivity contribution is 5.86. The van der Waals surface area contributed by atoms with Gasteiger partial charge in [0.05, 0.1) is 16.9 Å².